The lowest BCUT2D eigenvalue weighted by atomic mass is 9.77. The lowest BCUT2D eigenvalue weighted by Crippen LogP contribution is -2.44. The van der Waals surface area contributed by atoms with Crippen LogP contribution < -0.4 is 10.5 Å². The third kappa shape index (κ3) is 3.25. The van der Waals surface area contributed by atoms with Crippen molar-refractivity contribution in [1.29, 1.82) is 0 Å². The van der Waals surface area contributed by atoms with E-state index < -0.39 is 0 Å². The van der Waals surface area contributed by atoms with E-state index in [1.165, 1.54) is 0 Å². The molecule has 0 amide bonds. The quantitative estimate of drug-likeness (QED) is 0.940. The van der Waals surface area contributed by atoms with Gasteiger partial charge in [-0.3, -0.25) is 0 Å². The van der Waals surface area contributed by atoms with Crippen LogP contribution in [0, 0.1) is 0 Å². The maximum absolute atomic E-state index is 6.15. The second kappa shape index (κ2) is 6.28. The van der Waals surface area contributed by atoms with E-state index in [0.29, 0.717) is 11.7 Å². The smallest absolute Gasteiger partial charge is 0.250 e. The molecule has 0 aliphatic heterocycles. The van der Waals surface area contributed by atoms with Crippen molar-refractivity contribution in [2.45, 2.75) is 24.8 Å². The molecule has 5 nitrogen and oxygen atoms in total. The predicted octanol–water partition coefficient (Wildman–Crippen LogP) is 3.01. The predicted molar refractivity (Wildman–Crippen MR) is 83.2 cm³/mol. The van der Waals surface area contributed by atoms with Gasteiger partial charge in [-0.25, -0.2) is 0 Å². The van der Waals surface area contributed by atoms with Crippen molar-refractivity contribution < 1.29 is 9.26 Å². The summed E-state index contributed by atoms with van der Waals surface area (Å²) in [6.07, 6.45) is 6.69. The topological polar surface area (TPSA) is 74.2 Å². The third-order valence-electron chi connectivity index (χ3n) is 3.67. The molecular formula is C15H18ClN3O2. The summed E-state index contributed by atoms with van der Waals surface area (Å²) in [5.74, 6) is 1.92. The standard InChI is InChI=1S/C15H17N3O2.ClH/c1-19-12-6-3-11(4-7-12)5-8-13-17-14(18-20-13)15(16)9-2-10-15;/h3-8H,2,9-10,16H2,1H3;1H/b8-5+;. The zero-order valence-corrected chi connectivity index (χ0v) is 12.6. The molecule has 1 aliphatic carbocycles. The molecule has 0 saturated heterocycles. The molecule has 0 spiro atoms. The van der Waals surface area contributed by atoms with E-state index in [9.17, 15) is 0 Å². The summed E-state index contributed by atoms with van der Waals surface area (Å²) in [7, 11) is 1.65. The van der Waals surface area contributed by atoms with Crippen molar-refractivity contribution in [2.24, 2.45) is 5.73 Å². The van der Waals surface area contributed by atoms with Crippen LogP contribution in [0.4, 0.5) is 0 Å². The number of ether oxygens (including phenoxy) is 1. The summed E-state index contributed by atoms with van der Waals surface area (Å²) in [5.41, 5.74) is 6.81. The van der Waals surface area contributed by atoms with E-state index in [2.05, 4.69) is 10.1 Å². The summed E-state index contributed by atoms with van der Waals surface area (Å²) in [4.78, 5) is 4.34. The fourth-order valence-corrected chi connectivity index (χ4v) is 2.17. The molecule has 112 valence electrons. The second-order valence-electron chi connectivity index (χ2n) is 5.07. The van der Waals surface area contributed by atoms with E-state index in [1.807, 2.05) is 30.3 Å². The molecule has 2 aromatic rings. The van der Waals surface area contributed by atoms with Crippen molar-refractivity contribution in [3.05, 3.63) is 41.5 Å². The van der Waals surface area contributed by atoms with Gasteiger partial charge >= 0.3 is 0 Å². The van der Waals surface area contributed by atoms with E-state index >= 15 is 0 Å². The van der Waals surface area contributed by atoms with Crippen molar-refractivity contribution in [1.82, 2.24) is 10.1 Å². The summed E-state index contributed by atoms with van der Waals surface area (Å²) < 4.78 is 10.3. The van der Waals surface area contributed by atoms with Crippen LogP contribution in [0.15, 0.2) is 28.8 Å². The van der Waals surface area contributed by atoms with Gasteiger partial charge in [0.25, 0.3) is 5.89 Å². The molecule has 1 heterocycles. The number of rotatable bonds is 4. The third-order valence-corrected chi connectivity index (χ3v) is 3.67. The highest BCUT2D eigenvalue weighted by Crippen LogP contribution is 2.36. The van der Waals surface area contributed by atoms with Crippen LogP contribution in [0.25, 0.3) is 12.2 Å². The van der Waals surface area contributed by atoms with Gasteiger partial charge in [0.2, 0.25) is 0 Å². The van der Waals surface area contributed by atoms with Crippen molar-refractivity contribution in [3.63, 3.8) is 0 Å². The first-order valence-electron chi connectivity index (χ1n) is 6.65. The Balaban J connectivity index is 0.00000161. The molecule has 0 atom stereocenters. The van der Waals surface area contributed by atoms with Crippen LogP contribution in [0.2, 0.25) is 0 Å². The summed E-state index contributed by atoms with van der Waals surface area (Å²) in [6, 6.07) is 7.73. The van der Waals surface area contributed by atoms with Gasteiger partial charge in [0, 0.05) is 6.08 Å². The monoisotopic (exact) mass is 307 g/mol. The molecule has 1 saturated carbocycles. The number of hydrogen-bond acceptors (Lipinski definition) is 5. The fraction of sp³-hybridized carbons (Fsp3) is 0.333. The van der Waals surface area contributed by atoms with Gasteiger partial charge in [0.1, 0.15) is 5.75 Å². The lowest BCUT2D eigenvalue weighted by Gasteiger charge is -2.34. The maximum atomic E-state index is 6.15. The normalized spacial score (nSPS) is 16.3. The SMILES string of the molecule is COc1ccc(/C=C/c2nc(C3(N)CCC3)no2)cc1.Cl. The Morgan fingerprint density at radius 3 is 2.52 bits per heavy atom. The Hall–Kier alpha value is -1.85. The fourth-order valence-electron chi connectivity index (χ4n) is 2.17. The summed E-state index contributed by atoms with van der Waals surface area (Å²) in [6.45, 7) is 0. The Morgan fingerprint density at radius 1 is 1.24 bits per heavy atom. The van der Waals surface area contributed by atoms with E-state index in [1.54, 1.807) is 13.2 Å². The van der Waals surface area contributed by atoms with Crippen molar-refractivity contribution >= 4 is 24.6 Å². The molecule has 0 bridgehead atoms. The van der Waals surface area contributed by atoms with E-state index in [0.717, 1.165) is 30.6 Å². The van der Waals surface area contributed by atoms with Gasteiger partial charge in [-0.05, 0) is 43.0 Å². The number of aromatic nitrogens is 2. The van der Waals surface area contributed by atoms with Crippen molar-refractivity contribution in [2.75, 3.05) is 7.11 Å². The largest absolute Gasteiger partial charge is 0.497 e. The molecule has 1 aromatic heterocycles. The minimum atomic E-state index is -0.379. The van der Waals surface area contributed by atoms with Crippen LogP contribution in [-0.4, -0.2) is 17.3 Å². The molecular weight excluding hydrogens is 290 g/mol. The molecule has 3 rings (SSSR count). The average molecular weight is 308 g/mol. The van der Waals surface area contributed by atoms with Gasteiger partial charge in [-0.1, -0.05) is 17.3 Å². The van der Waals surface area contributed by atoms with Crippen LogP contribution >= 0.6 is 12.4 Å². The number of nitrogens with zero attached hydrogens (tertiary/aromatic N) is 2. The number of nitrogens with two attached hydrogens (primary N) is 1. The zero-order valence-electron chi connectivity index (χ0n) is 11.8. The Kier molecular flexibility index (Phi) is 4.65. The number of methoxy groups -OCH3 is 1. The highest BCUT2D eigenvalue weighted by Gasteiger charge is 2.38. The van der Waals surface area contributed by atoms with E-state index in [-0.39, 0.29) is 17.9 Å². The minimum Gasteiger partial charge on any atom is -0.497 e. The minimum absolute atomic E-state index is 0. The molecule has 1 aromatic carbocycles. The Morgan fingerprint density at radius 2 is 1.95 bits per heavy atom. The molecule has 2 N–H and O–H groups in total. The average Bonchev–Trinajstić information content (AvgIpc) is 2.92. The molecule has 6 heteroatoms. The first kappa shape index (κ1) is 15.5. The Bertz CT molecular complexity index is 618. The number of hydrogen-bond donors (Lipinski definition) is 1. The second-order valence-corrected chi connectivity index (χ2v) is 5.07. The van der Waals surface area contributed by atoms with Gasteiger partial charge < -0.3 is 15.0 Å². The molecule has 0 radical (unpaired) electrons. The summed E-state index contributed by atoms with van der Waals surface area (Å²) in [5, 5.41) is 3.97. The Labute approximate surface area is 129 Å². The van der Waals surface area contributed by atoms with Gasteiger partial charge in [-0.15, -0.1) is 12.4 Å². The van der Waals surface area contributed by atoms with Crippen LogP contribution in [0.5, 0.6) is 5.75 Å². The first-order chi connectivity index (χ1) is 9.69. The molecule has 1 aliphatic rings. The van der Waals surface area contributed by atoms with Gasteiger partial charge in [0.05, 0.1) is 12.6 Å². The molecule has 1 fully saturated rings. The van der Waals surface area contributed by atoms with E-state index in [4.69, 9.17) is 15.0 Å². The lowest BCUT2D eigenvalue weighted by molar-refractivity contribution is 0.229. The highest BCUT2D eigenvalue weighted by molar-refractivity contribution is 5.85. The van der Waals surface area contributed by atoms with Crippen LogP contribution in [-0.2, 0) is 5.54 Å². The molecule has 0 unspecified atom stereocenters. The number of benzene rings is 1. The zero-order chi connectivity index (χ0) is 14.0. The maximum Gasteiger partial charge on any atom is 0.250 e. The van der Waals surface area contributed by atoms with Gasteiger partial charge in [0.15, 0.2) is 5.82 Å². The number of halogens is 1. The molecule has 21 heavy (non-hydrogen) atoms. The summed E-state index contributed by atoms with van der Waals surface area (Å²) >= 11 is 0. The first-order valence-corrected chi connectivity index (χ1v) is 6.65. The highest BCUT2D eigenvalue weighted by atomic mass is 35.5. The van der Waals surface area contributed by atoms with Crippen LogP contribution in [0.1, 0.15) is 36.5 Å². The van der Waals surface area contributed by atoms with Gasteiger partial charge in [-0.2, -0.15) is 4.98 Å². The van der Waals surface area contributed by atoms with Crippen LogP contribution in [0.3, 0.4) is 0 Å². The van der Waals surface area contributed by atoms with Crippen molar-refractivity contribution in [3.8, 4) is 5.75 Å².